The van der Waals surface area contributed by atoms with E-state index in [-0.39, 0.29) is 36.4 Å². The van der Waals surface area contributed by atoms with E-state index in [1.54, 1.807) is 6.08 Å². The van der Waals surface area contributed by atoms with Crippen molar-refractivity contribution < 1.29 is 19.8 Å². The van der Waals surface area contributed by atoms with Crippen LogP contribution in [0.25, 0.3) is 0 Å². The number of carbonyl (C=O) groups excluding carboxylic acids is 1. The van der Waals surface area contributed by atoms with Crippen LogP contribution in [0.2, 0.25) is 0 Å². The molecule has 1 aliphatic carbocycles. The minimum Gasteiger partial charge on any atom is -0.481 e. The average Bonchev–Trinajstić information content (AvgIpc) is 2.90. The van der Waals surface area contributed by atoms with Gasteiger partial charge in [-0.25, -0.2) is 0 Å². The van der Waals surface area contributed by atoms with Crippen LogP contribution in [0.1, 0.15) is 58.8 Å². The molecule has 0 spiro atoms. The molecule has 148 valence electrons. The fourth-order valence-corrected chi connectivity index (χ4v) is 3.32. The minimum absolute atomic E-state index is 0.0883. The van der Waals surface area contributed by atoms with E-state index in [0.717, 1.165) is 6.42 Å². The van der Waals surface area contributed by atoms with Crippen molar-refractivity contribution in [3.63, 3.8) is 0 Å². The van der Waals surface area contributed by atoms with E-state index in [1.807, 2.05) is 32.1 Å². The molecule has 1 saturated carbocycles. The number of aliphatic hydroxyl groups is 1. The monoisotopic (exact) mass is 373 g/mol. The Kier molecular flexibility index (Phi) is 10.4. The number of aliphatic carboxylic acids is 1. The summed E-state index contributed by atoms with van der Waals surface area (Å²) in [5, 5.41) is 28.1. The zero-order valence-electron chi connectivity index (χ0n) is 16.3. The van der Waals surface area contributed by atoms with E-state index in [2.05, 4.69) is 12.1 Å². The molecule has 27 heavy (non-hydrogen) atoms. The van der Waals surface area contributed by atoms with Gasteiger partial charge in [0.2, 0.25) is 0 Å². The van der Waals surface area contributed by atoms with Crippen molar-refractivity contribution in [3.05, 3.63) is 36.0 Å². The number of rotatable bonds is 11. The van der Waals surface area contributed by atoms with Gasteiger partial charge in [-0.15, -0.1) is 0 Å². The third-order valence-electron chi connectivity index (χ3n) is 4.82. The van der Waals surface area contributed by atoms with E-state index in [4.69, 9.17) is 5.11 Å². The number of allylic oxidation sites excluding steroid dienone is 5. The van der Waals surface area contributed by atoms with Gasteiger partial charge in [-0.1, -0.05) is 36.0 Å². The van der Waals surface area contributed by atoms with Gasteiger partial charge in [-0.05, 0) is 46.0 Å². The summed E-state index contributed by atoms with van der Waals surface area (Å²) in [5.41, 5.74) is 1.22. The number of carboxylic acids is 1. The smallest absolute Gasteiger partial charge is 0.303 e. The maximum Gasteiger partial charge on any atom is 0.303 e. The van der Waals surface area contributed by atoms with Crippen molar-refractivity contribution in [1.82, 2.24) is 0 Å². The van der Waals surface area contributed by atoms with Gasteiger partial charge < -0.3 is 10.2 Å². The highest BCUT2D eigenvalue weighted by Crippen LogP contribution is 2.37. The largest absolute Gasteiger partial charge is 0.481 e. The molecule has 5 nitrogen and oxygen atoms in total. The Morgan fingerprint density at radius 2 is 2.07 bits per heavy atom. The second-order valence-electron chi connectivity index (χ2n) is 7.39. The Morgan fingerprint density at radius 1 is 1.33 bits per heavy atom. The Hall–Kier alpha value is -2.19. The normalized spacial score (nSPS) is 23.6. The molecule has 0 amide bonds. The number of nitriles is 1. The van der Waals surface area contributed by atoms with Crippen molar-refractivity contribution >= 4 is 11.8 Å². The Balaban J connectivity index is 2.61. The van der Waals surface area contributed by atoms with Crippen LogP contribution in [-0.2, 0) is 9.59 Å². The third kappa shape index (κ3) is 8.83. The second kappa shape index (κ2) is 12.2. The SMILES string of the molecule is CC(C)=CCC[C@H](O)C=C[C@@H]1[C@H](C#N)CC(=O)[C@@H]1CC=CCCCC(=O)O. The molecule has 1 aliphatic rings. The maximum absolute atomic E-state index is 12.3. The highest BCUT2D eigenvalue weighted by molar-refractivity contribution is 5.85. The standard InChI is InChI=1S/C22H31NO4/c1-16(2)8-7-9-18(24)12-13-19-17(15-23)14-21(25)20(19)10-5-3-4-6-11-22(26)27/h3,5,8,12-13,17-20,24H,4,6-7,9-11,14H2,1-2H3,(H,26,27)/t17-,18-,19+,20+/m0/s1. The van der Waals surface area contributed by atoms with Crippen molar-refractivity contribution in [2.75, 3.05) is 0 Å². The zero-order chi connectivity index (χ0) is 20.2. The van der Waals surface area contributed by atoms with E-state index in [9.17, 15) is 20.0 Å². The van der Waals surface area contributed by atoms with Crippen LogP contribution in [0.5, 0.6) is 0 Å². The summed E-state index contributed by atoms with van der Waals surface area (Å²) in [6.45, 7) is 4.04. The minimum atomic E-state index is -0.806. The van der Waals surface area contributed by atoms with Crippen LogP contribution in [0.3, 0.4) is 0 Å². The third-order valence-corrected chi connectivity index (χ3v) is 4.82. The summed E-state index contributed by atoms with van der Waals surface area (Å²) in [4.78, 5) is 22.8. The lowest BCUT2D eigenvalue weighted by Crippen LogP contribution is -2.15. The zero-order valence-corrected chi connectivity index (χ0v) is 16.3. The Morgan fingerprint density at radius 3 is 2.70 bits per heavy atom. The van der Waals surface area contributed by atoms with Crippen molar-refractivity contribution in [2.45, 2.75) is 64.9 Å². The molecule has 0 bridgehead atoms. The lowest BCUT2D eigenvalue weighted by atomic mass is 9.86. The molecule has 2 N–H and O–H groups in total. The molecule has 1 rings (SSSR count). The van der Waals surface area contributed by atoms with E-state index >= 15 is 0 Å². The van der Waals surface area contributed by atoms with Gasteiger partial charge in [0.05, 0.1) is 18.1 Å². The Bertz CT molecular complexity index is 623. The van der Waals surface area contributed by atoms with Gasteiger partial charge in [0.15, 0.2) is 0 Å². The fourth-order valence-electron chi connectivity index (χ4n) is 3.32. The molecule has 0 aromatic carbocycles. The van der Waals surface area contributed by atoms with Crippen LogP contribution in [0, 0.1) is 29.1 Å². The van der Waals surface area contributed by atoms with Crippen molar-refractivity contribution in [2.24, 2.45) is 17.8 Å². The summed E-state index contributed by atoms with van der Waals surface area (Å²) in [5.74, 6) is -1.48. The van der Waals surface area contributed by atoms with Gasteiger partial charge in [0.25, 0.3) is 0 Å². The first-order valence-corrected chi connectivity index (χ1v) is 9.64. The molecule has 0 heterocycles. The van der Waals surface area contributed by atoms with Gasteiger partial charge in [0, 0.05) is 24.7 Å². The first-order valence-electron chi connectivity index (χ1n) is 9.64. The van der Waals surface area contributed by atoms with Crippen molar-refractivity contribution in [3.8, 4) is 6.07 Å². The first kappa shape index (κ1) is 22.9. The molecule has 0 aliphatic heterocycles. The van der Waals surface area contributed by atoms with Crippen LogP contribution in [0.15, 0.2) is 36.0 Å². The highest BCUT2D eigenvalue weighted by Gasteiger charge is 2.40. The molecule has 0 saturated heterocycles. The number of carbonyl (C=O) groups is 2. The summed E-state index contributed by atoms with van der Waals surface area (Å²) >= 11 is 0. The number of hydrogen-bond acceptors (Lipinski definition) is 4. The van der Waals surface area contributed by atoms with Gasteiger partial charge in [-0.3, -0.25) is 9.59 Å². The number of aliphatic hydroxyl groups excluding tert-OH is 1. The maximum atomic E-state index is 12.3. The number of hydrogen-bond donors (Lipinski definition) is 2. The molecule has 5 heteroatoms. The predicted molar refractivity (Wildman–Crippen MR) is 105 cm³/mol. The number of ketones is 1. The topological polar surface area (TPSA) is 98.4 Å². The molecule has 0 aromatic rings. The Labute approximate surface area is 162 Å². The van der Waals surface area contributed by atoms with Gasteiger partial charge in [0.1, 0.15) is 5.78 Å². The van der Waals surface area contributed by atoms with E-state index < -0.39 is 12.1 Å². The van der Waals surface area contributed by atoms with Gasteiger partial charge >= 0.3 is 5.97 Å². The molecular weight excluding hydrogens is 342 g/mol. The van der Waals surface area contributed by atoms with Crippen LogP contribution in [-0.4, -0.2) is 28.1 Å². The first-order chi connectivity index (χ1) is 12.8. The van der Waals surface area contributed by atoms with Crippen molar-refractivity contribution in [1.29, 1.82) is 5.26 Å². The molecule has 4 atom stereocenters. The summed E-state index contributed by atoms with van der Waals surface area (Å²) in [6, 6.07) is 2.23. The fraction of sp³-hybridized carbons (Fsp3) is 0.591. The number of unbranched alkanes of at least 4 members (excludes halogenated alkanes) is 1. The van der Waals surface area contributed by atoms with Gasteiger partial charge in [-0.2, -0.15) is 5.26 Å². The highest BCUT2D eigenvalue weighted by atomic mass is 16.4. The number of carboxylic acid groups (broad SMARTS) is 1. The molecule has 1 fully saturated rings. The second-order valence-corrected chi connectivity index (χ2v) is 7.39. The predicted octanol–water partition coefficient (Wildman–Crippen LogP) is 4.20. The van der Waals surface area contributed by atoms with Crippen LogP contribution >= 0.6 is 0 Å². The number of nitrogens with zero attached hydrogens (tertiary/aromatic N) is 1. The summed E-state index contributed by atoms with van der Waals surface area (Å²) < 4.78 is 0. The number of Topliss-reactive ketones (excluding diaryl/α,β-unsaturated/α-hetero) is 1. The quantitative estimate of drug-likeness (QED) is 0.418. The van der Waals surface area contributed by atoms with Crippen LogP contribution < -0.4 is 0 Å². The summed E-state index contributed by atoms with van der Waals surface area (Å²) in [6.07, 6.45) is 12.5. The summed E-state index contributed by atoms with van der Waals surface area (Å²) in [7, 11) is 0. The van der Waals surface area contributed by atoms with E-state index in [0.29, 0.717) is 25.7 Å². The van der Waals surface area contributed by atoms with E-state index in [1.165, 1.54) is 5.57 Å². The lowest BCUT2D eigenvalue weighted by molar-refractivity contribution is -0.137. The molecular formula is C22H31NO4. The molecule has 0 aromatic heterocycles. The average molecular weight is 373 g/mol. The lowest BCUT2D eigenvalue weighted by Gasteiger charge is -2.16. The van der Waals surface area contributed by atoms with Crippen LogP contribution in [0.4, 0.5) is 0 Å². The molecule has 0 unspecified atom stereocenters. The molecule has 0 radical (unpaired) electrons.